The van der Waals surface area contributed by atoms with Gasteiger partial charge in [-0.25, -0.2) is 0 Å². The second-order valence-corrected chi connectivity index (χ2v) is 5.96. The van der Waals surface area contributed by atoms with Crippen LogP contribution in [0, 0.1) is 5.92 Å². The van der Waals surface area contributed by atoms with E-state index in [4.69, 9.17) is 4.74 Å². The minimum absolute atomic E-state index is 0.445. The van der Waals surface area contributed by atoms with E-state index in [1.165, 1.54) is 51.7 Å². The van der Waals surface area contributed by atoms with Crippen molar-refractivity contribution in [2.75, 3.05) is 19.6 Å². The average molecular weight is 241 g/mol. The molecule has 1 unspecified atom stereocenters. The Morgan fingerprint density at radius 3 is 2.29 bits per heavy atom. The maximum Gasteiger partial charge on any atom is 0.0603 e. The number of ether oxygens (including phenoxy) is 1. The van der Waals surface area contributed by atoms with Gasteiger partial charge in [0.1, 0.15) is 0 Å². The highest BCUT2D eigenvalue weighted by atomic mass is 16.5. The minimum atomic E-state index is 0.445. The second-order valence-electron chi connectivity index (χ2n) is 5.96. The molecule has 102 valence electrons. The zero-order valence-electron chi connectivity index (χ0n) is 12.2. The van der Waals surface area contributed by atoms with E-state index in [2.05, 4.69) is 32.6 Å². The summed E-state index contributed by atoms with van der Waals surface area (Å²) in [7, 11) is 0. The molecule has 1 rings (SSSR count). The zero-order valence-corrected chi connectivity index (χ0v) is 12.2. The van der Waals surface area contributed by atoms with Gasteiger partial charge in [-0.2, -0.15) is 0 Å². The van der Waals surface area contributed by atoms with Crippen LogP contribution < -0.4 is 0 Å². The normalized spacial score (nSPS) is 21.0. The zero-order chi connectivity index (χ0) is 12.7. The molecule has 1 heterocycles. The van der Waals surface area contributed by atoms with Gasteiger partial charge >= 0.3 is 0 Å². The van der Waals surface area contributed by atoms with Crippen molar-refractivity contribution in [3.8, 4) is 0 Å². The highest BCUT2D eigenvalue weighted by molar-refractivity contribution is 4.73. The van der Waals surface area contributed by atoms with Crippen molar-refractivity contribution in [3.05, 3.63) is 0 Å². The van der Waals surface area contributed by atoms with Crippen LogP contribution in [0.5, 0.6) is 0 Å². The molecule has 0 bridgehead atoms. The fourth-order valence-electron chi connectivity index (χ4n) is 2.55. The molecule has 17 heavy (non-hydrogen) atoms. The lowest BCUT2D eigenvalue weighted by Gasteiger charge is -2.33. The predicted octanol–water partition coefficient (Wildman–Crippen LogP) is 3.70. The number of hydrogen-bond donors (Lipinski definition) is 0. The Labute approximate surface area is 108 Å². The molecule has 0 spiro atoms. The van der Waals surface area contributed by atoms with Gasteiger partial charge in [0.25, 0.3) is 0 Å². The highest BCUT2D eigenvalue weighted by Crippen LogP contribution is 2.18. The molecule has 1 saturated heterocycles. The predicted molar refractivity (Wildman–Crippen MR) is 74.4 cm³/mol. The van der Waals surface area contributed by atoms with Gasteiger partial charge in [-0.3, -0.25) is 0 Å². The lowest BCUT2D eigenvalue weighted by Crippen LogP contribution is -2.38. The summed E-state index contributed by atoms with van der Waals surface area (Å²) in [6, 6.07) is 0. The van der Waals surface area contributed by atoms with Crippen molar-refractivity contribution in [1.82, 2.24) is 4.90 Å². The first-order valence-electron chi connectivity index (χ1n) is 7.49. The van der Waals surface area contributed by atoms with Crippen molar-refractivity contribution >= 4 is 0 Å². The molecule has 0 saturated carbocycles. The highest BCUT2D eigenvalue weighted by Gasteiger charge is 2.20. The number of piperidine rings is 1. The monoisotopic (exact) mass is 241 g/mol. The van der Waals surface area contributed by atoms with E-state index in [0.29, 0.717) is 12.2 Å². The van der Waals surface area contributed by atoms with E-state index in [0.717, 1.165) is 5.92 Å². The Kier molecular flexibility index (Phi) is 7.14. The Balaban J connectivity index is 2.12. The van der Waals surface area contributed by atoms with E-state index < -0.39 is 0 Å². The minimum Gasteiger partial charge on any atom is -0.375 e. The average Bonchev–Trinajstić information content (AvgIpc) is 2.29. The molecule has 2 heteroatoms. The summed E-state index contributed by atoms with van der Waals surface area (Å²) in [6.45, 7) is 12.8. The molecular weight excluding hydrogens is 210 g/mol. The van der Waals surface area contributed by atoms with Gasteiger partial charge in [-0.1, -0.05) is 20.8 Å². The van der Waals surface area contributed by atoms with Crippen molar-refractivity contribution in [3.63, 3.8) is 0 Å². The largest absolute Gasteiger partial charge is 0.375 e. The molecule has 0 aromatic heterocycles. The molecule has 0 aromatic carbocycles. The van der Waals surface area contributed by atoms with E-state index in [-0.39, 0.29) is 0 Å². The number of nitrogens with zero attached hydrogens (tertiary/aromatic N) is 1. The summed E-state index contributed by atoms with van der Waals surface area (Å²) in [5.41, 5.74) is 0. The van der Waals surface area contributed by atoms with Crippen LogP contribution in [0.2, 0.25) is 0 Å². The Morgan fingerprint density at radius 1 is 1.12 bits per heavy atom. The van der Waals surface area contributed by atoms with Crippen molar-refractivity contribution in [2.45, 2.75) is 72.0 Å². The van der Waals surface area contributed by atoms with Gasteiger partial charge in [0, 0.05) is 13.1 Å². The topological polar surface area (TPSA) is 12.5 Å². The van der Waals surface area contributed by atoms with Crippen LogP contribution >= 0.6 is 0 Å². The second kappa shape index (κ2) is 8.10. The molecule has 1 aliphatic heterocycles. The molecule has 1 atom stereocenters. The fraction of sp³-hybridized carbons (Fsp3) is 1.00. The van der Waals surface area contributed by atoms with Crippen molar-refractivity contribution in [1.29, 1.82) is 0 Å². The standard InChI is InChI=1S/C15H31NO/c1-5-10-16-11-8-15(9-12-16)17-14(4)7-6-13(2)3/h13-15H,5-12H2,1-4H3. The maximum absolute atomic E-state index is 6.14. The van der Waals surface area contributed by atoms with Gasteiger partial charge in [0.2, 0.25) is 0 Å². The van der Waals surface area contributed by atoms with Gasteiger partial charge in [0.05, 0.1) is 12.2 Å². The lowest BCUT2D eigenvalue weighted by molar-refractivity contribution is -0.0390. The Morgan fingerprint density at radius 2 is 1.76 bits per heavy atom. The summed E-state index contributed by atoms with van der Waals surface area (Å²) in [6.07, 6.45) is 7.20. The van der Waals surface area contributed by atoms with Crippen molar-refractivity contribution in [2.24, 2.45) is 5.92 Å². The smallest absolute Gasteiger partial charge is 0.0603 e. The van der Waals surface area contributed by atoms with Crippen LogP contribution in [0.1, 0.15) is 59.8 Å². The van der Waals surface area contributed by atoms with E-state index in [1.54, 1.807) is 0 Å². The van der Waals surface area contributed by atoms with Crippen LogP contribution in [-0.2, 0) is 4.74 Å². The van der Waals surface area contributed by atoms with Gasteiger partial charge < -0.3 is 9.64 Å². The SMILES string of the molecule is CCCN1CCC(OC(C)CCC(C)C)CC1. The fourth-order valence-corrected chi connectivity index (χ4v) is 2.55. The number of hydrogen-bond acceptors (Lipinski definition) is 2. The molecule has 1 fully saturated rings. The van der Waals surface area contributed by atoms with Crippen molar-refractivity contribution < 1.29 is 4.74 Å². The molecule has 0 amide bonds. The molecular formula is C15H31NO. The van der Waals surface area contributed by atoms with Crippen LogP contribution in [0.25, 0.3) is 0 Å². The van der Waals surface area contributed by atoms with E-state index >= 15 is 0 Å². The molecule has 0 aromatic rings. The van der Waals surface area contributed by atoms with Gasteiger partial charge in [0.15, 0.2) is 0 Å². The summed E-state index contributed by atoms with van der Waals surface area (Å²) in [4.78, 5) is 2.57. The summed E-state index contributed by atoms with van der Waals surface area (Å²) < 4.78 is 6.14. The molecule has 0 radical (unpaired) electrons. The Hall–Kier alpha value is -0.0800. The van der Waals surface area contributed by atoms with Crippen LogP contribution in [0.3, 0.4) is 0 Å². The molecule has 0 N–H and O–H groups in total. The van der Waals surface area contributed by atoms with Crippen LogP contribution in [0.15, 0.2) is 0 Å². The quantitative estimate of drug-likeness (QED) is 0.674. The molecule has 0 aliphatic carbocycles. The first-order chi connectivity index (χ1) is 8.11. The molecule has 2 nitrogen and oxygen atoms in total. The third-order valence-corrected chi connectivity index (χ3v) is 3.65. The number of likely N-dealkylation sites (tertiary alicyclic amines) is 1. The summed E-state index contributed by atoms with van der Waals surface area (Å²) >= 11 is 0. The number of rotatable bonds is 7. The van der Waals surface area contributed by atoms with Gasteiger partial charge in [-0.15, -0.1) is 0 Å². The first kappa shape index (κ1) is 15.0. The van der Waals surface area contributed by atoms with Crippen LogP contribution in [0.4, 0.5) is 0 Å². The summed E-state index contributed by atoms with van der Waals surface area (Å²) in [5, 5.41) is 0. The van der Waals surface area contributed by atoms with Gasteiger partial charge in [-0.05, 0) is 51.5 Å². The summed E-state index contributed by atoms with van der Waals surface area (Å²) in [5.74, 6) is 0.799. The van der Waals surface area contributed by atoms with E-state index in [1.807, 2.05) is 0 Å². The lowest BCUT2D eigenvalue weighted by atomic mass is 10.0. The third-order valence-electron chi connectivity index (χ3n) is 3.65. The van der Waals surface area contributed by atoms with E-state index in [9.17, 15) is 0 Å². The third kappa shape index (κ3) is 6.42. The molecule has 1 aliphatic rings. The Bertz CT molecular complexity index is 185. The first-order valence-corrected chi connectivity index (χ1v) is 7.49. The van der Waals surface area contributed by atoms with Crippen LogP contribution in [-0.4, -0.2) is 36.7 Å². The maximum atomic E-state index is 6.14.